The van der Waals surface area contributed by atoms with Crippen molar-refractivity contribution >= 4 is 61.8 Å². The number of rotatable bonds is 6. The summed E-state index contributed by atoms with van der Waals surface area (Å²) in [5, 5.41) is 16.5. The van der Waals surface area contributed by atoms with Gasteiger partial charge in [-0.05, 0) is 54.1 Å². The zero-order valence-electron chi connectivity index (χ0n) is 15.1. The van der Waals surface area contributed by atoms with E-state index in [0.29, 0.717) is 36.9 Å². The predicted molar refractivity (Wildman–Crippen MR) is 120 cm³/mol. The van der Waals surface area contributed by atoms with Crippen molar-refractivity contribution in [2.24, 2.45) is 5.10 Å². The first kappa shape index (κ1) is 20.1. The number of non-ortho nitro benzene ring substituents is 1. The van der Waals surface area contributed by atoms with Gasteiger partial charge >= 0.3 is 0 Å². The van der Waals surface area contributed by atoms with Crippen LogP contribution in [0.1, 0.15) is 5.56 Å². The lowest BCUT2D eigenvalue weighted by Crippen LogP contribution is -1.90. The number of nitro groups is 1. The van der Waals surface area contributed by atoms with E-state index < -0.39 is 4.92 Å². The number of thiazole rings is 1. The molecule has 30 heavy (non-hydrogen) atoms. The van der Waals surface area contributed by atoms with E-state index in [9.17, 15) is 10.1 Å². The Hall–Kier alpha value is -3.20. The molecular weight excluding hydrogens is 447 g/mol. The smallest absolute Gasteiger partial charge is 0.270 e. The molecule has 10 heteroatoms. The third-order valence-corrected chi connectivity index (χ3v) is 5.41. The minimum absolute atomic E-state index is 0.0309. The number of hydrogen-bond donors (Lipinski definition) is 1. The molecule has 0 spiro atoms. The standard InChI is InChI=1S/C20H12Cl2N4O3S/c21-13-3-8-18(16(22)9-13)29-15-5-1-12(2-6-15)11-23-25-20-24-17-7-4-14(26(27)28)10-19(17)30-20/h1-11H,(H,24,25)/b23-11-. The lowest BCUT2D eigenvalue weighted by Gasteiger charge is -2.07. The normalized spacial score (nSPS) is 11.1. The maximum absolute atomic E-state index is 10.9. The predicted octanol–water partition coefficient (Wildman–Crippen LogP) is 6.75. The second-order valence-electron chi connectivity index (χ2n) is 6.04. The molecule has 0 fully saturated rings. The van der Waals surface area contributed by atoms with Gasteiger partial charge in [0.25, 0.3) is 5.69 Å². The first-order valence-electron chi connectivity index (χ1n) is 8.55. The summed E-state index contributed by atoms with van der Waals surface area (Å²) in [6.45, 7) is 0. The number of fused-ring (bicyclic) bond motifs is 1. The van der Waals surface area contributed by atoms with Crippen molar-refractivity contribution in [2.45, 2.75) is 0 Å². The number of anilines is 1. The lowest BCUT2D eigenvalue weighted by molar-refractivity contribution is -0.384. The Kier molecular flexibility index (Phi) is 5.80. The van der Waals surface area contributed by atoms with Crippen molar-refractivity contribution < 1.29 is 9.66 Å². The number of ether oxygens (including phenoxy) is 1. The highest BCUT2D eigenvalue weighted by Gasteiger charge is 2.10. The molecule has 4 aromatic rings. The monoisotopic (exact) mass is 458 g/mol. The second kappa shape index (κ2) is 8.66. The molecule has 0 aliphatic heterocycles. The molecule has 0 bridgehead atoms. The van der Waals surface area contributed by atoms with E-state index >= 15 is 0 Å². The number of nitro benzene ring substituents is 1. The van der Waals surface area contributed by atoms with E-state index in [-0.39, 0.29) is 5.69 Å². The molecule has 1 heterocycles. The summed E-state index contributed by atoms with van der Waals surface area (Å²) in [7, 11) is 0. The van der Waals surface area contributed by atoms with E-state index in [1.165, 1.54) is 23.5 Å². The maximum atomic E-state index is 10.9. The summed E-state index contributed by atoms with van der Waals surface area (Å²) in [6.07, 6.45) is 1.63. The van der Waals surface area contributed by atoms with E-state index in [1.807, 2.05) is 12.1 Å². The lowest BCUT2D eigenvalue weighted by atomic mass is 10.2. The molecule has 1 aromatic heterocycles. The van der Waals surface area contributed by atoms with Gasteiger partial charge in [0.1, 0.15) is 11.5 Å². The molecule has 0 saturated carbocycles. The molecule has 0 atom stereocenters. The van der Waals surface area contributed by atoms with Crippen LogP contribution in [-0.4, -0.2) is 16.1 Å². The van der Waals surface area contributed by atoms with Gasteiger partial charge in [0.05, 0.1) is 26.4 Å². The highest BCUT2D eigenvalue weighted by atomic mass is 35.5. The van der Waals surface area contributed by atoms with Crippen molar-refractivity contribution in [1.29, 1.82) is 0 Å². The van der Waals surface area contributed by atoms with Crippen LogP contribution in [-0.2, 0) is 0 Å². The van der Waals surface area contributed by atoms with Gasteiger partial charge in [-0.2, -0.15) is 5.10 Å². The van der Waals surface area contributed by atoms with Gasteiger partial charge in [0, 0.05) is 17.2 Å². The molecule has 0 radical (unpaired) electrons. The average molecular weight is 459 g/mol. The molecule has 4 rings (SSSR count). The summed E-state index contributed by atoms with van der Waals surface area (Å²) in [5.41, 5.74) is 4.39. The minimum atomic E-state index is -0.432. The average Bonchev–Trinajstić information content (AvgIpc) is 3.13. The van der Waals surface area contributed by atoms with Gasteiger partial charge in [0.15, 0.2) is 0 Å². The van der Waals surface area contributed by atoms with Gasteiger partial charge in [-0.25, -0.2) is 4.98 Å². The fourth-order valence-electron chi connectivity index (χ4n) is 2.54. The van der Waals surface area contributed by atoms with Crippen LogP contribution in [0.4, 0.5) is 10.8 Å². The van der Waals surface area contributed by atoms with Crippen LogP contribution in [0.3, 0.4) is 0 Å². The summed E-state index contributed by atoms with van der Waals surface area (Å²) in [5.74, 6) is 1.14. The fraction of sp³-hybridized carbons (Fsp3) is 0. The number of nitrogens with zero attached hydrogens (tertiary/aromatic N) is 3. The molecule has 1 N–H and O–H groups in total. The van der Waals surface area contributed by atoms with Crippen molar-refractivity contribution in [2.75, 3.05) is 5.43 Å². The number of halogens is 2. The Bertz CT molecular complexity index is 1260. The topological polar surface area (TPSA) is 89.7 Å². The van der Waals surface area contributed by atoms with Gasteiger partial charge in [-0.15, -0.1) is 0 Å². The van der Waals surface area contributed by atoms with Gasteiger partial charge in [-0.1, -0.05) is 34.5 Å². The third-order valence-electron chi connectivity index (χ3n) is 3.96. The van der Waals surface area contributed by atoms with E-state index in [2.05, 4.69) is 15.5 Å². The first-order valence-corrected chi connectivity index (χ1v) is 10.1. The Balaban J connectivity index is 1.40. The van der Waals surface area contributed by atoms with E-state index in [0.717, 1.165) is 5.56 Å². The van der Waals surface area contributed by atoms with E-state index in [4.69, 9.17) is 27.9 Å². The molecular formula is C20H12Cl2N4O3S. The number of benzene rings is 3. The summed E-state index contributed by atoms with van der Waals surface area (Å²) >= 11 is 13.3. The molecule has 0 saturated heterocycles. The van der Waals surface area contributed by atoms with Crippen molar-refractivity contribution in [3.05, 3.63) is 86.4 Å². The number of hydrazone groups is 1. The van der Waals surface area contributed by atoms with Crippen LogP contribution in [0.25, 0.3) is 10.2 Å². The summed E-state index contributed by atoms with van der Waals surface area (Å²) in [4.78, 5) is 14.8. The molecule has 150 valence electrons. The summed E-state index contributed by atoms with van der Waals surface area (Å²) < 4.78 is 6.46. The molecule has 3 aromatic carbocycles. The van der Waals surface area contributed by atoms with Crippen LogP contribution in [0, 0.1) is 10.1 Å². The molecule has 0 amide bonds. The van der Waals surface area contributed by atoms with Crippen LogP contribution in [0.15, 0.2) is 65.8 Å². The van der Waals surface area contributed by atoms with Crippen LogP contribution < -0.4 is 10.2 Å². The highest BCUT2D eigenvalue weighted by molar-refractivity contribution is 7.22. The zero-order chi connectivity index (χ0) is 21.1. The molecule has 7 nitrogen and oxygen atoms in total. The van der Waals surface area contributed by atoms with Crippen LogP contribution in [0.2, 0.25) is 10.0 Å². The zero-order valence-corrected chi connectivity index (χ0v) is 17.4. The van der Waals surface area contributed by atoms with E-state index in [1.54, 1.807) is 42.6 Å². The Labute approximate surface area is 184 Å². The summed E-state index contributed by atoms with van der Waals surface area (Å²) in [6, 6.07) is 16.8. The molecule has 0 aliphatic carbocycles. The van der Waals surface area contributed by atoms with Gasteiger partial charge in [0.2, 0.25) is 5.13 Å². The Morgan fingerprint density at radius 2 is 1.90 bits per heavy atom. The molecule has 0 unspecified atom stereocenters. The number of nitrogens with one attached hydrogen (secondary N) is 1. The Morgan fingerprint density at radius 3 is 2.63 bits per heavy atom. The highest BCUT2D eigenvalue weighted by Crippen LogP contribution is 2.32. The number of hydrogen-bond acceptors (Lipinski definition) is 7. The number of aromatic nitrogens is 1. The van der Waals surface area contributed by atoms with Gasteiger partial charge < -0.3 is 4.74 Å². The van der Waals surface area contributed by atoms with Crippen molar-refractivity contribution in [3.63, 3.8) is 0 Å². The van der Waals surface area contributed by atoms with Crippen LogP contribution in [0.5, 0.6) is 11.5 Å². The van der Waals surface area contributed by atoms with Crippen molar-refractivity contribution in [1.82, 2.24) is 4.98 Å². The SMILES string of the molecule is O=[N+]([O-])c1ccc2nc(N/N=C\c3ccc(Oc4ccc(Cl)cc4Cl)cc3)sc2c1. The van der Waals surface area contributed by atoms with Crippen LogP contribution >= 0.6 is 34.5 Å². The fourth-order valence-corrected chi connectivity index (χ4v) is 3.84. The Morgan fingerprint density at radius 1 is 1.10 bits per heavy atom. The third kappa shape index (κ3) is 4.68. The first-order chi connectivity index (χ1) is 14.5. The van der Waals surface area contributed by atoms with Gasteiger partial charge in [-0.3, -0.25) is 15.5 Å². The largest absolute Gasteiger partial charge is 0.456 e. The maximum Gasteiger partial charge on any atom is 0.270 e. The molecule has 0 aliphatic rings. The quantitative estimate of drug-likeness (QED) is 0.196. The second-order valence-corrected chi connectivity index (χ2v) is 7.92. The van der Waals surface area contributed by atoms with Crippen molar-refractivity contribution in [3.8, 4) is 11.5 Å². The minimum Gasteiger partial charge on any atom is -0.456 e.